The average molecular weight is 413 g/mol. The number of nitrogens with one attached hydrogen (secondary N) is 1. The van der Waals surface area contributed by atoms with Gasteiger partial charge < -0.3 is 9.73 Å². The lowest BCUT2D eigenvalue weighted by Crippen LogP contribution is -2.22. The van der Waals surface area contributed by atoms with E-state index in [4.69, 9.17) is 4.42 Å². The summed E-state index contributed by atoms with van der Waals surface area (Å²) in [6, 6.07) is 3.45. The SMILES string of the molecule is CCn1cc(CNC(=O)c2ccc(Cn3nc(C(F)F)cc3C(F)F)o2)c(C)n1. The lowest BCUT2D eigenvalue weighted by atomic mass is 10.2. The van der Waals surface area contributed by atoms with E-state index in [2.05, 4.69) is 15.5 Å². The molecule has 7 nitrogen and oxygen atoms in total. The molecular weight excluding hydrogens is 394 g/mol. The second kappa shape index (κ2) is 8.50. The molecule has 0 aliphatic carbocycles. The molecule has 0 fully saturated rings. The zero-order chi connectivity index (χ0) is 21.1. The third kappa shape index (κ3) is 4.66. The Balaban J connectivity index is 1.67. The molecule has 0 aromatic carbocycles. The van der Waals surface area contributed by atoms with Gasteiger partial charge in [0.1, 0.15) is 17.1 Å². The van der Waals surface area contributed by atoms with Crippen molar-refractivity contribution in [2.24, 2.45) is 0 Å². The first-order valence-electron chi connectivity index (χ1n) is 8.82. The van der Waals surface area contributed by atoms with Crippen LogP contribution in [0, 0.1) is 6.92 Å². The van der Waals surface area contributed by atoms with Crippen LogP contribution in [0.1, 0.15) is 58.7 Å². The molecule has 0 atom stereocenters. The van der Waals surface area contributed by atoms with E-state index in [9.17, 15) is 22.4 Å². The second-order valence-corrected chi connectivity index (χ2v) is 6.30. The highest BCUT2D eigenvalue weighted by Crippen LogP contribution is 2.26. The van der Waals surface area contributed by atoms with Crippen LogP contribution in [-0.4, -0.2) is 25.5 Å². The Morgan fingerprint density at radius 1 is 1.21 bits per heavy atom. The maximum Gasteiger partial charge on any atom is 0.287 e. The quantitative estimate of drug-likeness (QED) is 0.569. The minimum Gasteiger partial charge on any atom is -0.454 e. The Morgan fingerprint density at radius 2 is 1.97 bits per heavy atom. The summed E-state index contributed by atoms with van der Waals surface area (Å²) in [5, 5.41) is 10.5. The van der Waals surface area contributed by atoms with Crippen molar-refractivity contribution < 1.29 is 26.8 Å². The molecule has 0 aliphatic rings. The van der Waals surface area contributed by atoms with Crippen molar-refractivity contribution in [2.45, 2.75) is 46.3 Å². The van der Waals surface area contributed by atoms with Crippen LogP contribution in [0.2, 0.25) is 0 Å². The summed E-state index contributed by atoms with van der Waals surface area (Å²) in [7, 11) is 0. The summed E-state index contributed by atoms with van der Waals surface area (Å²) in [6.45, 7) is 4.42. The number of carbonyl (C=O) groups is 1. The third-order valence-electron chi connectivity index (χ3n) is 4.28. The molecule has 1 amide bonds. The summed E-state index contributed by atoms with van der Waals surface area (Å²) in [4.78, 5) is 12.3. The van der Waals surface area contributed by atoms with E-state index in [1.54, 1.807) is 4.68 Å². The predicted octanol–water partition coefficient (Wildman–Crippen LogP) is 3.85. The van der Waals surface area contributed by atoms with Gasteiger partial charge >= 0.3 is 0 Å². The Labute approximate surface area is 163 Å². The first-order valence-corrected chi connectivity index (χ1v) is 8.82. The summed E-state index contributed by atoms with van der Waals surface area (Å²) in [5.41, 5.74) is 0.254. The minimum absolute atomic E-state index is 0.0274. The standard InChI is InChI=1S/C18H19F4N5O2/c1-3-26-8-11(10(2)24-26)7-23-18(28)15-5-4-12(29-15)9-27-14(17(21)22)6-13(25-27)16(19)20/h4-6,8,16-17H,3,7,9H2,1-2H3,(H,23,28). The van der Waals surface area contributed by atoms with Gasteiger partial charge in [-0.3, -0.25) is 14.2 Å². The van der Waals surface area contributed by atoms with Gasteiger partial charge in [-0.25, -0.2) is 17.6 Å². The number of hydrogen-bond acceptors (Lipinski definition) is 4. The molecule has 11 heteroatoms. The number of amides is 1. The molecular formula is C18H19F4N5O2. The third-order valence-corrected chi connectivity index (χ3v) is 4.28. The highest BCUT2D eigenvalue weighted by atomic mass is 19.3. The molecule has 3 aromatic rings. The number of nitrogens with zero attached hydrogens (tertiary/aromatic N) is 4. The Kier molecular flexibility index (Phi) is 6.04. The smallest absolute Gasteiger partial charge is 0.287 e. The average Bonchev–Trinajstić information content (AvgIpc) is 3.38. The van der Waals surface area contributed by atoms with E-state index in [1.165, 1.54) is 12.1 Å². The van der Waals surface area contributed by atoms with Crippen LogP contribution in [-0.2, 0) is 19.6 Å². The molecule has 0 aliphatic heterocycles. The van der Waals surface area contributed by atoms with Gasteiger partial charge in [0.05, 0.1) is 12.2 Å². The number of halogens is 4. The van der Waals surface area contributed by atoms with E-state index in [-0.39, 0.29) is 24.6 Å². The van der Waals surface area contributed by atoms with Gasteiger partial charge in [0.15, 0.2) is 5.76 Å². The van der Waals surface area contributed by atoms with Crippen LogP contribution in [0.3, 0.4) is 0 Å². The largest absolute Gasteiger partial charge is 0.454 e. The van der Waals surface area contributed by atoms with Crippen LogP contribution in [0.25, 0.3) is 0 Å². The molecule has 3 rings (SSSR count). The molecule has 0 saturated heterocycles. The molecule has 0 spiro atoms. The summed E-state index contributed by atoms with van der Waals surface area (Å²) in [5.74, 6) is -0.390. The number of aromatic nitrogens is 4. The van der Waals surface area contributed by atoms with Crippen LogP contribution in [0.5, 0.6) is 0 Å². The fourth-order valence-electron chi connectivity index (χ4n) is 2.75. The summed E-state index contributed by atoms with van der Waals surface area (Å²) >= 11 is 0. The first kappa shape index (κ1) is 20.6. The maximum absolute atomic E-state index is 13.1. The van der Waals surface area contributed by atoms with Gasteiger partial charge in [0.2, 0.25) is 0 Å². The van der Waals surface area contributed by atoms with E-state index in [0.717, 1.165) is 15.9 Å². The van der Waals surface area contributed by atoms with Crippen molar-refractivity contribution in [1.82, 2.24) is 24.9 Å². The van der Waals surface area contributed by atoms with Crippen molar-refractivity contribution in [3.8, 4) is 0 Å². The van der Waals surface area contributed by atoms with Crippen molar-refractivity contribution in [3.05, 3.63) is 58.6 Å². The van der Waals surface area contributed by atoms with Crippen LogP contribution in [0.15, 0.2) is 28.8 Å². The molecule has 3 aromatic heterocycles. The number of alkyl halides is 4. The van der Waals surface area contributed by atoms with Gasteiger partial charge in [0.25, 0.3) is 18.8 Å². The molecule has 29 heavy (non-hydrogen) atoms. The van der Waals surface area contributed by atoms with Gasteiger partial charge in [-0.2, -0.15) is 10.2 Å². The zero-order valence-electron chi connectivity index (χ0n) is 15.7. The Hall–Kier alpha value is -3.11. The maximum atomic E-state index is 13.1. The van der Waals surface area contributed by atoms with Crippen LogP contribution >= 0.6 is 0 Å². The van der Waals surface area contributed by atoms with Crippen LogP contribution in [0.4, 0.5) is 17.6 Å². The van der Waals surface area contributed by atoms with Crippen molar-refractivity contribution >= 4 is 5.91 Å². The summed E-state index contributed by atoms with van der Waals surface area (Å²) in [6.07, 6.45) is -4.11. The number of furan rings is 1. The Morgan fingerprint density at radius 3 is 2.59 bits per heavy atom. The monoisotopic (exact) mass is 413 g/mol. The lowest BCUT2D eigenvalue weighted by molar-refractivity contribution is 0.0920. The normalized spacial score (nSPS) is 11.6. The summed E-state index contributed by atoms with van der Waals surface area (Å²) < 4.78 is 59.5. The van der Waals surface area contributed by atoms with E-state index < -0.39 is 30.1 Å². The van der Waals surface area contributed by atoms with E-state index in [1.807, 2.05) is 20.0 Å². The molecule has 0 saturated carbocycles. The molecule has 0 radical (unpaired) electrons. The number of carbonyl (C=O) groups excluding carboxylic acids is 1. The second-order valence-electron chi connectivity index (χ2n) is 6.30. The fraction of sp³-hybridized carbons (Fsp3) is 0.389. The number of rotatable bonds is 8. The zero-order valence-corrected chi connectivity index (χ0v) is 15.7. The number of hydrogen-bond donors (Lipinski definition) is 1. The molecule has 0 bridgehead atoms. The predicted molar refractivity (Wildman–Crippen MR) is 93.8 cm³/mol. The fourth-order valence-corrected chi connectivity index (χ4v) is 2.75. The van der Waals surface area contributed by atoms with E-state index >= 15 is 0 Å². The van der Waals surface area contributed by atoms with Gasteiger partial charge in [-0.05, 0) is 32.0 Å². The van der Waals surface area contributed by atoms with Crippen molar-refractivity contribution in [1.29, 1.82) is 0 Å². The van der Waals surface area contributed by atoms with Crippen molar-refractivity contribution in [3.63, 3.8) is 0 Å². The van der Waals surface area contributed by atoms with Crippen molar-refractivity contribution in [2.75, 3.05) is 0 Å². The molecule has 1 N–H and O–H groups in total. The van der Waals surface area contributed by atoms with Gasteiger partial charge in [-0.15, -0.1) is 0 Å². The molecule has 3 heterocycles. The molecule has 156 valence electrons. The highest BCUT2D eigenvalue weighted by molar-refractivity contribution is 5.91. The number of aryl methyl sites for hydroxylation is 2. The Bertz CT molecular complexity index is 992. The highest BCUT2D eigenvalue weighted by Gasteiger charge is 2.22. The minimum atomic E-state index is -2.97. The van der Waals surface area contributed by atoms with Crippen LogP contribution < -0.4 is 5.32 Å². The van der Waals surface area contributed by atoms with Gasteiger partial charge in [-0.1, -0.05) is 0 Å². The first-order chi connectivity index (χ1) is 13.8. The van der Waals surface area contributed by atoms with Gasteiger partial charge in [0, 0.05) is 24.8 Å². The van der Waals surface area contributed by atoms with E-state index in [0.29, 0.717) is 12.6 Å². The lowest BCUT2D eigenvalue weighted by Gasteiger charge is -2.05. The molecule has 0 unspecified atom stereocenters. The topological polar surface area (TPSA) is 77.9 Å².